The van der Waals surface area contributed by atoms with Gasteiger partial charge in [-0.3, -0.25) is 5.32 Å². The Morgan fingerprint density at radius 3 is 3.00 bits per heavy atom. The molecule has 0 amide bonds. The largest absolute Gasteiger partial charge is 0.296 e. The van der Waals surface area contributed by atoms with Crippen LogP contribution in [0.5, 0.6) is 0 Å². The Kier molecular flexibility index (Phi) is 3.48. The number of aromatic nitrogens is 1. The number of benzene rings is 1. The van der Waals surface area contributed by atoms with Gasteiger partial charge in [0.25, 0.3) is 0 Å². The molecule has 19 heavy (non-hydrogen) atoms. The lowest BCUT2D eigenvalue weighted by Gasteiger charge is -2.22. The maximum atomic E-state index is 9.34. The van der Waals surface area contributed by atoms with Gasteiger partial charge in [-0.15, -0.1) is 11.3 Å². The summed E-state index contributed by atoms with van der Waals surface area (Å²) < 4.78 is 2.25. The molecule has 1 aliphatic carbocycles. The highest BCUT2D eigenvalue weighted by Gasteiger charge is 2.32. The van der Waals surface area contributed by atoms with Crippen LogP contribution >= 0.6 is 23.1 Å². The van der Waals surface area contributed by atoms with Crippen LogP contribution in [-0.4, -0.2) is 22.3 Å². The smallest absolute Gasteiger partial charge is 0.151 e. The Bertz CT molecular complexity index is 594. The number of nitrogens with one attached hydrogen (secondary N) is 1. The molecule has 1 aromatic heterocycles. The third-order valence-corrected chi connectivity index (χ3v) is 5.60. The number of rotatable bonds is 5. The number of thioether (sulfide) groups is 1. The molecule has 0 saturated heterocycles. The molecule has 1 atom stereocenters. The summed E-state index contributed by atoms with van der Waals surface area (Å²) in [7, 11) is 0. The number of para-hydroxylation sites is 1. The van der Waals surface area contributed by atoms with Gasteiger partial charge in [0.15, 0.2) is 4.34 Å². The number of fused-ring (bicyclic) bond motifs is 1. The minimum Gasteiger partial charge on any atom is -0.296 e. The van der Waals surface area contributed by atoms with Gasteiger partial charge in [0, 0.05) is 11.8 Å². The fourth-order valence-electron chi connectivity index (χ4n) is 1.90. The van der Waals surface area contributed by atoms with E-state index in [0.717, 1.165) is 15.6 Å². The van der Waals surface area contributed by atoms with E-state index in [0.29, 0.717) is 6.04 Å². The van der Waals surface area contributed by atoms with Crippen LogP contribution in [0.15, 0.2) is 28.6 Å². The van der Waals surface area contributed by atoms with E-state index in [1.54, 1.807) is 23.1 Å². The molecule has 3 nitrogen and oxygen atoms in total. The summed E-state index contributed by atoms with van der Waals surface area (Å²) in [6, 6.07) is 11.1. The lowest BCUT2D eigenvalue weighted by molar-refractivity contribution is 0.490. The lowest BCUT2D eigenvalue weighted by Crippen LogP contribution is -2.44. The van der Waals surface area contributed by atoms with Gasteiger partial charge < -0.3 is 0 Å². The van der Waals surface area contributed by atoms with Crippen molar-refractivity contribution >= 4 is 33.3 Å². The number of nitrogens with zero attached hydrogens (tertiary/aromatic N) is 2. The van der Waals surface area contributed by atoms with Crippen molar-refractivity contribution in [1.82, 2.24) is 10.3 Å². The number of hydrogen-bond acceptors (Lipinski definition) is 5. The first-order valence-electron chi connectivity index (χ1n) is 6.36. The van der Waals surface area contributed by atoms with Gasteiger partial charge >= 0.3 is 0 Å². The quantitative estimate of drug-likeness (QED) is 0.857. The monoisotopic (exact) mass is 289 g/mol. The highest BCUT2D eigenvalue weighted by Crippen LogP contribution is 2.32. The third-order valence-electron chi connectivity index (χ3n) is 3.11. The average Bonchev–Trinajstić information content (AvgIpc) is 3.12. The Balaban J connectivity index is 1.68. The molecule has 1 fully saturated rings. The number of thiazole rings is 1. The Morgan fingerprint density at radius 1 is 1.53 bits per heavy atom. The van der Waals surface area contributed by atoms with Crippen LogP contribution in [0, 0.1) is 11.3 Å². The molecular formula is C14H15N3S2. The van der Waals surface area contributed by atoms with Crippen LogP contribution in [0.2, 0.25) is 0 Å². The van der Waals surface area contributed by atoms with Crippen molar-refractivity contribution < 1.29 is 0 Å². The Labute approximate surface area is 121 Å². The maximum Gasteiger partial charge on any atom is 0.151 e. The molecule has 98 valence electrons. The van der Waals surface area contributed by atoms with Crippen molar-refractivity contribution in [2.24, 2.45) is 0 Å². The fraction of sp³-hybridized carbons (Fsp3) is 0.429. The number of hydrogen-bond donors (Lipinski definition) is 1. The zero-order chi connectivity index (χ0) is 13.3. The van der Waals surface area contributed by atoms with Gasteiger partial charge in [0.2, 0.25) is 0 Å². The van der Waals surface area contributed by atoms with Crippen molar-refractivity contribution in [2.75, 3.05) is 5.75 Å². The van der Waals surface area contributed by atoms with Gasteiger partial charge in [-0.05, 0) is 31.9 Å². The number of nitriles is 1. The van der Waals surface area contributed by atoms with Crippen LogP contribution in [0.1, 0.15) is 19.8 Å². The zero-order valence-corrected chi connectivity index (χ0v) is 12.4. The summed E-state index contributed by atoms with van der Waals surface area (Å²) in [6.07, 6.45) is 2.39. The first-order valence-corrected chi connectivity index (χ1v) is 8.16. The highest BCUT2D eigenvalue weighted by molar-refractivity contribution is 8.01. The second kappa shape index (κ2) is 5.12. The molecule has 2 aromatic rings. The topological polar surface area (TPSA) is 48.7 Å². The third kappa shape index (κ3) is 3.08. The standard InChI is InChI=1S/C14H15N3S2/c1-14(8-15,17-10-6-7-10)9-18-13-16-11-4-2-3-5-12(11)19-13/h2-5,10,17H,6-7,9H2,1H3. The van der Waals surface area contributed by atoms with E-state index in [2.05, 4.69) is 22.4 Å². The minimum absolute atomic E-state index is 0.455. The van der Waals surface area contributed by atoms with Crippen LogP contribution < -0.4 is 5.32 Å². The van der Waals surface area contributed by atoms with Crippen molar-refractivity contribution in [3.05, 3.63) is 24.3 Å². The summed E-state index contributed by atoms with van der Waals surface area (Å²) in [5, 5.41) is 12.8. The second-order valence-corrected chi connectivity index (χ2v) is 7.35. The maximum absolute atomic E-state index is 9.34. The van der Waals surface area contributed by atoms with Crippen LogP contribution in [-0.2, 0) is 0 Å². The van der Waals surface area contributed by atoms with Gasteiger partial charge in [-0.2, -0.15) is 5.26 Å². The van der Waals surface area contributed by atoms with Crippen LogP contribution in [0.3, 0.4) is 0 Å². The van der Waals surface area contributed by atoms with Crippen molar-refractivity contribution in [2.45, 2.75) is 35.7 Å². The first kappa shape index (κ1) is 12.9. The SMILES string of the molecule is CC(C#N)(CSc1nc2ccccc2s1)NC1CC1. The van der Waals surface area contributed by atoms with Gasteiger partial charge in [-0.25, -0.2) is 4.98 Å². The highest BCUT2D eigenvalue weighted by atomic mass is 32.2. The molecule has 1 N–H and O–H groups in total. The summed E-state index contributed by atoms with van der Waals surface area (Å²) in [5.74, 6) is 0.736. The average molecular weight is 289 g/mol. The molecule has 0 radical (unpaired) electrons. The Hall–Kier alpha value is -1.09. The normalized spacial score (nSPS) is 18.1. The van der Waals surface area contributed by atoms with Crippen molar-refractivity contribution in [1.29, 1.82) is 5.26 Å². The predicted octanol–water partition coefficient (Wildman–Crippen LogP) is 3.42. The predicted molar refractivity (Wildman–Crippen MR) is 80.5 cm³/mol. The van der Waals surface area contributed by atoms with Gasteiger partial charge in [-0.1, -0.05) is 23.9 Å². The van der Waals surface area contributed by atoms with Crippen molar-refractivity contribution in [3.8, 4) is 6.07 Å². The Morgan fingerprint density at radius 2 is 2.32 bits per heavy atom. The minimum atomic E-state index is -0.455. The lowest BCUT2D eigenvalue weighted by atomic mass is 10.1. The van der Waals surface area contributed by atoms with E-state index in [1.165, 1.54) is 17.5 Å². The molecule has 0 aliphatic heterocycles. The van der Waals surface area contributed by atoms with E-state index in [9.17, 15) is 5.26 Å². The second-order valence-electron chi connectivity index (χ2n) is 5.10. The molecule has 0 spiro atoms. The molecule has 5 heteroatoms. The van der Waals surface area contributed by atoms with E-state index in [1.807, 2.05) is 25.1 Å². The van der Waals surface area contributed by atoms with Gasteiger partial charge in [0.05, 0.1) is 16.3 Å². The first-order chi connectivity index (χ1) is 9.18. The molecule has 1 saturated carbocycles. The molecular weight excluding hydrogens is 274 g/mol. The van der Waals surface area contributed by atoms with Crippen LogP contribution in [0.25, 0.3) is 10.2 Å². The van der Waals surface area contributed by atoms with E-state index in [-0.39, 0.29) is 0 Å². The van der Waals surface area contributed by atoms with Gasteiger partial charge in [0.1, 0.15) is 5.54 Å². The fourth-order valence-corrected chi connectivity index (χ4v) is 4.01. The summed E-state index contributed by atoms with van der Waals surface area (Å²) in [6.45, 7) is 1.98. The molecule has 1 aromatic carbocycles. The molecule has 1 unspecified atom stereocenters. The van der Waals surface area contributed by atoms with Crippen LogP contribution in [0.4, 0.5) is 0 Å². The molecule has 0 bridgehead atoms. The summed E-state index contributed by atoms with van der Waals surface area (Å²) in [5.41, 5.74) is 0.591. The molecule has 1 aliphatic rings. The molecule has 1 heterocycles. The van der Waals surface area contributed by atoms with Crippen molar-refractivity contribution in [3.63, 3.8) is 0 Å². The van der Waals surface area contributed by atoms with E-state index < -0.39 is 5.54 Å². The van der Waals surface area contributed by atoms with E-state index in [4.69, 9.17) is 0 Å². The molecule has 3 rings (SSSR count). The summed E-state index contributed by atoms with van der Waals surface area (Å²) >= 11 is 3.37. The summed E-state index contributed by atoms with van der Waals surface area (Å²) in [4.78, 5) is 4.59. The zero-order valence-electron chi connectivity index (χ0n) is 10.7. The van der Waals surface area contributed by atoms with E-state index >= 15 is 0 Å².